The van der Waals surface area contributed by atoms with E-state index in [-0.39, 0.29) is 0 Å². The van der Waals surface area contributed by atoms with Crippen LogP contribution in [-0.2, 0) is 0 Å². The van der Waals surface area contributed by atoms with E-state index >= 15 is 0 Å². The summed E-state index contributed by atoms with van der Waals surface area (Å²) >= 11 is 3.40. The van der Waals surface area contributed by atoms with Crippen LogP contribution in [-0.4, -0.2) is 16.5 Å². The lowest BCUT2D eigenvalue weighted by molar-refractivity contribution is 0.544. The fourth-order valence-electron chi connectivity index (χ4n) is 1.48. The Kier molecular flexibility index (Phi) is 6.21. The van der Waals surface area contributed by atoms with E-state index in [1.807, 2.05) is 0 Å². The zero-order valence-electron chi connectivity index (χ0n) is 10.3. The van der Waals surface area contributed by atoms with E-state index in [2.05, 4.69) is 50.5 Å². The van der Waals surface area contributed by atoms with Gasteiger partial charge in [0, 0.05) is 6.54 Å². The minimum Gasteiger partial charge on any atom is -0.369 e. The first kappa shape index (κ1) is 14.2. The molecular weight excluding hydrogens is 282 g/mol. The number of nitrogens with one attached hydrogen (secondary N) is 2. The van der Waals surface area contributed by atoms with Gasteiger partial charge in [-0.15, -0.1) is 0 Å². The lowest BCUT2D eigenvalue weighted by Gasteiger charge is -2.10. The van der Waals surface area contributed by atoms with Gasteiger partial charge in [-0.2, -0.15) is 0 Å². The maximum atomic E-state index is 5.33. The number of nitrogens with two attached hydrogens (primary N) is 1. The van der Waals surface area contributed by atoms with Crippen molar-refractivity contribution in [2.75, 3.05) is 17.3 Å². The van der Waals surface area contributed by atoms with E-state index in [9.17, 15) is 0 Å². The Bertz CT molecular complexity index is 343. The summed E-state index contributed by atoms with van der Waals surface area (Å²) in [7, 11) is 0. The molecule has 0 bridgehead atoms. The molecule has 5 nitrogen and oxygen atoms in total. The summed E-state index contributed by atoms with van der Waals surface area (Å²) in [5.74, 6) is 7.47. The van der Waals surface area contributed by atoms with Crippen molar-refractivity contribution in [3.8, 4) is 0 Å². The number of halogens is 1. The van der Waals surface area contributed by atoms with Crippen LogP contribution in [0.3, 0.4) is 0 Å². The van der Waals surface area contributed by atoms with E-state index in [4.69, 9.17) is 5.84 Å². The van der Waals surface area contributed by atoms with Crippen LogP contribution < -0.4 is 16.6 Å². The van der Waals surface area contributed by atoms with Gasteiger partial charge in [0.05, 0.1) is 0 Å². The largest absolute Gasteiger partial charge is 0.369 e. The molecule has 1 aromatic heterocycles. The molecule has 0 aromatic carbocycles. The monoisotopic (exact) mass is 301 g/mol. The molecule has 6 heteroatoms. The Balaban J connectivity index is 2.36. The predicted molar refractivity (Wildman–Crippen MR) is 74.7 cm³/mol. The molecule has 0 saturated heterocycles. The molecule has 0 fully saturated rings. The summed E-state index contributed by atoms with van der Waals surface area (Å²) < 4.78 is 0.770. The molecule has 0 aliphatic rings. The highest BCUT2D eigenvalue weighted by Crippen LogP contribution is 2.25. The Morgan fingerprint density at radius 3 is 2.65 bits per heavy atom. The van der Waals surface area contributed by atoms with E-state index in [1.165, 1.54) is 19.2 Å². The molecule has 96 valence electrons. The van der Waals surface area contributed by atoms with Crippen molar-refractivity contribution >= 4 is 27.6 Å². The summed E-state index contributed by atoms with van der Waals surface area (Å²) in [4.78, 5) is 8.15. The smallest absolute Gasteiger partial charge is 0.159 e. The number of hydrazine groups is 1. The standard InChI is InChI=1S/C11H20BrN5/c1-8(2)5-3-4-6-14-10-9(12)11(17-13)16-7-15-10/h7-8H,3-6,13H2,1-2H3,(H2,14,15,16,17). The van der Waals surface area contributed by atoms with Crippen LogP contribution in [0.4, 0.5) is 11.6 Å². The predicted octanol–water partition coefficient (Wildman–Crippen LogP) is 2.76. The second-order valence-corrected chi connectivity index (χ2v) is 5.14. The minimum atomic E-state index is 0.588. The van der Waals surface area contributed by atoms with Gasteiger partial charge in [-0.25, -0.2) is 15.8 Å². The van der Waals surface area contributed by atoms with Gasteiger partial charge >= 0.3 is 0 Å². The van der Waals surface area contributed by atoms with Crippen LogP contribution >= 0.6 is 15.9 Å². The first-order valence-electron chi connectivity index (χ1n) is 5.86. The first-order valence-corrected chi connectivity index (χ1v) is 6.65. The summed E-state index contributed by atoms with van der Waals surface area (Å²) in [5.41, 5.74) is 2.51. The number of hydrogen-bond donors (Lipinski definition) is 3. The maximum absolute atomic E-state index is 5.33. The summed E-state index contributed by atoms with van der Waals surface area (Å²) in [6.45, 7) is 5.40. The van der Waals surface area contributed by atoms with Crippen LogP contribution in [0.15, 0.2) is 10.8 Å². The SMILES string of the molecule is CC(C)CCCCNc1ncnc(NN)c1Br. The molecule has 1 aromatic rings. The average molecular weight is 302 g/mol. The summed E-state index contributed by atoms with van der Waals surface area (Å²) in [6.07, 6.45) is 5.12. The van der Waals surface area contributed by atoms with Crippen molar-refractivity contribution in [3.05, 3.63) is 10.8 Å². The van der Waals surface area contributed by atoms with Crippen LogP contribution in [0.5, 0.6) is 0 Å². The quantitative estimate of drug-likeness (QED) is 0.410. The zero-order valence-corrected chi connectivity index (χ0v) is 11.9. The normalized spacial score (nSPS) is 10.6. The third-order valence-corrected chi connectivity index (χ3v) is 3.18. The third-order valence-electron chi connectivity index (χ3n) is 2.43. The molecular formula is C11H20BrN5. The Labute approximate surface area is 111 Å². The van der Waals surface area contributed by atoms with E-state index in [0.717, 1.165) is 29.2 Å². The zero-order chi connectivity index (χ0) is 12.7. The summed E-state index contributed by atoms with van der Waals surface area (Å²) in [5, 5.41) is 3.27. The number of nitrogens with zero attached hydrogens (tertiary/aromatic N) is 2. The second-order valence-electron chi connectivity index (χ2n) is 4.35. The second kappa shape index (κ2) is 7.45. The molecule has 4 N–H and O–H groups in total. The topological polar surface area (TPSA) is 75.9 Å². The number of anilines is 2. The van der Waals surface area contributed by atoms with Crippen molar-refractivity contribution in [1.29, 1.82) is 0 Å². The molecule has 0 aliphatic heterocycles. The van der Waals surface area contributed by atoms with Crippen LogP contribution in [0.2, 0.25) is 0 Å². The van der Waals surface area contributed by atoms with Crippen molar-refractivity contribution in [2.24, 2.45) is 11.8 Å². The fourth-order valence-corrected chi connectivity index (χ4v) is 1.94. The molecule has 0 aliphatic carbocycles. The van der Waals surface area contributed by atoms with Crippen LogP contribution in [0.1, 0.15) is 33.1 Å². The molecule has 1 rings (SSSR count). The van der Waals surface area contributed by atoms with Crippen molar-refractivity contribution in [3.63, 3.8) is 0 Å². The van der Waals surface area contributed by atoms with Crippen molar-refractivity contribution in [2.45, 2.75) is 33.1 Å². The van der Waals surface area contributed by atoms with Gasteiger partial charge < -0.3 is 10.7 Å². The minimum absolute atomic E-state index is 0.588. The molecule has 0 saturated carbocycles. The first-order chi connectivity index (χ1) is 8.15. The van der Waals surface area contributed by atoms with E-state index < -0.39 is 0 Å². The van der Waals surface area contributed by atoms with Crippen LogP contribution in [0.25, 0.3) is 0 Å². The molecule has 17 heavy (non-hydrogen) atoms. The molecule has 1 heterocycles. The van der Waals surface area contributed by atoms with Crippen LogP contribution in [0, 0.1) is 5.92 Å². The van der Waals surface area contributed by atoms with Gasteiger partial charge in [0.15, 0.2) is 5.82 Å². The molecule has 0 unspecified atom stereocenters. The van der Waals surface area contributed by atoms with E-state index in [1.54, 1.807) is 0 Å². The molecule has 0 atom stereocenters. The Morgan fingerprint density at radius 1 is 1.29 bits per heavy atom. The lowest BCUT2D eigenvalue weighted by atomic mass is 10.1. The molecule has 0 amide bonds. The summed E-state index contributed by atoms with van der Waals surface area (Å²) in [6, 6.07) is 0. The van der Waals surface area contributed by atoms with Gasteiger partial charge in [-0.3, -0.25) is 0 Å². The number of rotatable bonds is 7. The highest BCUT2D eigenvalue weighted by molar-refractivity contribution is 9.10. The number of unbranched alkanes of at least 4 members (excludes halogenated alkanes) is 1. The van der Waals surface area contributed by atoms with Gasteiger partial charge in [-0.05, 0) is 28.3 Å². The molecule has 0 spiro atoms. The highest BCUT2D eigenvalue weighted by Gasteiger charge is 2.06. The number of aromatic nitrogens is 2. The fraction of sp³-hybridized carbons (Fsp3) is 0.636. The van der Waals surface area contributed by atoms with Crippen molar-refractivity contribution < 1.29 is 0 Å². The van der Waals surface area contributed by atoms with Crippen molar-refractivity contribution in [1.82, 2.24) is 9.97 Å². The molecule has 0 radical (unpaired) electrons. The number of nitrogen functional groups attached to an aromatic ring is 1. The highest BCUT2D eigenvalue weighted by atomic mass is 79.9. The van der Waals surface area contributed by atoms with Gasteiger partial charge in [0.25, 0.3) is 0 Å². The average Bonchev–Trinajstić information content (AvgIpc) is 2.30. The van der Waals surface area contributed by atoms with Gasteiger partial charge in [-0.1, -0.05) is 26.7 Å². The third kappa shape index (κ3) is 4.87. The lowest BCUT2D eigenvalue weighted by Crippen LogP contribution is -2.12. The number of hydrogen-bond acceptors (Lipinski definition) is 5. The van der Waals surface area contributed by atoms with Gasteiger partial charge in [0.2, 0.25) is 0 Å². The Hall–Kier alpha value is -0.880. The van der Waals surface area contributed by atoms with Gasteiger partial charge in [0.1, 0.15) is 16.6 Å². The van der Waals surface area contributed by atoms with E-state index in [0.29, 0.717) is 5.82 Å². The maximum Gasteiger partial charge on any atom is 0.159 e. The Morgan fingerprint density at radius 2 is 2.00 bits per heavy atom.